The first-order chi connectivity index (χ1) is 12.5. The molecule has 2 aromatic rings. The SMILES string of the molecule is N#Cc1ccccc1S(=O)(=O)NCC(=O)N[C@@H]1CCOc2ccccc21. The molecule has 1 atom stereocenters. The summed E-state index contributed by atoms with van der Waals surface area (Å²) in [4.78, 5) is 12.1. The average Bonchev–Trinajstić information content (AvgIpc) is 2.67. The first-order valence-corrected chi connectivity index (χ1v) is 9.49. The molecule has 1 heterocycles. The van der Waals surface area contributed by atoms with Crippen molar-refractivity contribution in [2.24, 2.45) is 0 Å². The van der Waals surface area contributed by atoms with E-state index in [9.17, 15) is 13.2 Å². The highest BCUT2D eigenvalue weighted by atomic mass is 32.2. The van der Waals surface area contributed by atoms with Crippen LogP contribution in [0.4, 0.5) is 0 Å². The number of carbonyl (C=O) groups is 1. The van der Waals surface area contributed by atoms with E-state index in [1.165, 1.54) is 18.2 Å². The number of carbonyl (C=O) groups excluding carboxylic acids is 1. The van der Waals surface area contributed by atoms with Crippen LogP contribution in [0.25, 0.3) is 0 Å². The fraction of sp³-hybridized carbons (Fsp3) is 0.222. The lowest BCUT2D eigenvalue weighted by Gasteiger charge is -2.26. The Hall–Kier alpha value is -2.89. The number of fused-ring (bicyclic) bond motifs is 1. The van der Waals surface area contributed by atoms with Crippen molar-refractivity contribution < 1.29 is 17.9 Å². The minimum atomic E-state index is -3.96. The monoisotopic (exact) mass is 371 g/mol. The molecule has 2 aromatic carbocycles. The van der Waals surface area contributed by atoms with Crippen LogP contribution in [0, 0.1) is 11.3 Å². The molecule has 0 bridgehead atoms. The Kier molecular flexibility index (Phi) is 5.21. The predicted molar refractivity (Wildman–Crippen MR) is 93.8 cm³/mol. The molecule has 0 aromatic heterocycles. The van der Waals surface area contributed by atoms with E-state index in [1.54, 1.807) is 6.07 Å². The van der Waals surface area contributed by atoms with E-state index in [-0.39, 0.29) is 16.5 Å². The van der Waals surface area contributed by atoms with E-state index in [0.29, 0.717) is 18.8 Å². The van der Waals surface area contributed by atoms with Crippen LogP contribution in [-0.4, -0.2) is 27.5 Å². The fourth-order valence-electron chi connectivity index (χ4n) is 2.77. The van der Waals surface area contributed by atoms with Gasteiger partial charge in [-0.2, -0.15) is 5.26 Å². The number of sulfonamides is 1. The van der Waals surface area contributed by atoms with Crippen LogP contribution >= 0.6 is 0 Å². The van der Waals surface area contributed by atoms with Gasteiger partial charge in [-0.05, 0) is 18.2 Å². The standard InChI is InChI=1S/C18H17N3O4S/c19-11-13-5-1-4-8-17(13)26(23,24)20-12-18(22)21-15-9-10-25-16-7-3-2-6-14(15)16/h1-8,15,20H,9-10,12H2,(H,21,22)/t15-/m1/s1. The van der Waals surface area contributed by atoms with Crippen molar-refractivity contribution in [2.75, 3.05) is 13.2 Å². The molecule has 2 N–H and O–H groups in total. The number of amides is 1. The summed E-state index contributed by atoms with van der Waals surface area (Å²) in [6.07, 6.45) is 0.604. The highest BCUT2D eigenvalue weighted by molar-refractivity contribution is 7.89. The van der Waals surface area contributed by atoms with Gasteiger partial charge in [0.05, 0.1) is 29.7 Å². The summed E-state index contributed by atoms with van der Waals surface area (Å²) in [5.74, 6) is 0.261. The summed E-state index contributed by atoms with van der Waals surface area (Å²) in [5.41, 5.74) is 0.892. The summed E-state index contributed by atoms with van der Waals surface area (Å²) < 4.78 is 32.5. The van der Waals surface area contributed by atoms with Crippen molar-refractivity contribution in [3.8, 4) is 11.8 Å². The van der Waals surface area contributed by atoms with Crippen LogP contribution < -0.4 is 14.8 Å². The fourth-order valence-corrected chi connectivity index (χ4v) is 3.91. The Bertz CT molecular complexity index is 966. The highest BCUT2D eigenvalue weighted by Gasteiger charge is 2.24. The van der Waals surface area contributed by atoms with Crippen molar-refractivity contribution in [1.29, 1.82) is 5.26 Å². The summed E-state index contributed by atoms with van der Waals surface area (Å²) in [6, 6.07) is 14.8. The molecule has 1 aliphatic rings. The Morgan fingerprint density at radius 1 is 1.19 bits per heavy atom. The largest absolute Gasteiger partial charge is 0.493 e. The smallest absolute Gasteiger partial charge is 0.242 e. The van der Waals surface area contributed by atoms with Gasteiger partial charge in [0.1, 0.15) is 11.8 Å². The van der Waals surface area contributed by atoms with Gasteiger partial charge in [0.2, 0.25) is 15.9 Å². The molecule has 0 spiro atoms. The first-order valence-electron chi connectivity index (χ1n) is 8.01. The van der Waals surface area contributed by atoms with Gasteiger partial charge < -0.3 is 10.1 Å². The third-order valence-corrected chi connectivity index (χ3v) is 5.47. The maximum Gasteiger partial charge on any atom is 0.242 e. The second-order valence-electron chi connectivity index (χ2n) is 5.73. The second-order valence-corrected chi connectivity index (χ2v) is 7.46. The Morgan fingerprint density at radius 2 is 1.92 bits per heavy atom. The molecule has 0 aliphatic carbocycles. The summed E-state index contributed by atoms with van der Waals surface area (Å²) in [7, 11) is -3.96. The number of nitrogens with one attached hydrogen (secondary N) is 2. The summed E-state index contributed by atoms with van der Waals surface area (Å²) in [6.45, 7) is 0.0604. The maximum atomic E-state index is 12.3. The van der Waals surface area contributed by atoms with Gasteiger partial charge in [-0.1, -0.05) is 30.3 Å². The van der Waals surface area contributed by atoms with Crippen LogP contribution in [-0.2, 0) is 14.8 Å². The lowest BCUT2D eigenvalue weighted by Crippen LogP contribution is -2.40. The van der Waals surface area contributed by atoms with Gasteiger partial charge in [-0.3, -0.25) is 4.79 Å². The van der Waals surface area contributed by atoms with Crippen molar-refractivity contribution in [3.05, 3.63) is 59.7 Å². The zero-order chi connectivity index (χ0) is 18.6. The minimum Gasteiger partial charge on any atom is -0.493 e. The number of rotatable bonds is 5. The van der Waals surface area contributed by atoms with E-state index in [2.05, 4.69) is 10.0 Å². The number of ether oxygens (including phenoxy) is 1. The minimum absolute atomic E-state index is 0.0266. The molecule has 26 heavy (non-hydrogen) atoms. The molecule has 1 aliphatic heterocycles. The molecule has 134 valence electrons. The molecule has 0 fully saturated rings. The number of nitriles is 1. The molecule has 8 heteroatoms. The van der Waals surface area contributed by atoms with Crippen molar-refractivity contribution in [1.82, 2.24) is 10.0 Å². The van der Waals surface area contributed by atoms with Gasteiger partial charge >= 0.3 is 0 Å². The maximum absolute atomic E-state index is 12.3. The van der Waals surface area contributed by atoms with Crippen LogP contribution in [0.5, 0.6) is 5.75 Å². The number of hydrogen-bond donors (Lipinski definition) is 2. The Morgan fingerprint density at radius 3 is 2.73 bits per heavy atom. The number of nitrogens with zero attached hydrogens (tertiary/aromatic N) is 1. The van der Waals surface area contributed by atoms with Crippen LogP contribution in [0.1, 0.15) is 23.6 Å². The van der Waals surface area contributed by atoms with Gasteiger partial charge in [-0.15, -0.1) is 0 Å². The van der Waals surface area contributed by atoms with Crippen molar-refractivity contribution >= 4 is 15.9 Å². The lowest BCUT2D eigenvalue weighted by molar-refractivity contribution is -0.120. The van der Waals surface area contributed by atoms with Crippen LogP contribution in [0.3, 0.4) is 0 Å². The Labute approximate surface area is 151 Å². The van der Waals surface area contributed by atoms with Crippen molar-refractivity contribution in [3.63, 3.8) is 0 Å². The zero-order valence-corrected chi connectivity index (χ0v) is 14.6. The van der Waals surface area contributed by atoms with Gasteiger partial charge in [0.25, 0.3) is 0 Å². The van der Waals surface area contributed by atoms with Crippen LogP contribution in [0.15, 0.2) is 53.4 Å². The molecule has 3 rings (SSSR count). The summed E-state index contributed by atoms with van der Waals surface area (Å²) >= 11 is 0. The molecular formula is C18H17N3O4S. The lowest BCUT2D eigenvalue weighted by atomic mass is 10.0. The third-order valence-electron chi connectivity index (χ3n) is 4.01. The molecular weight excluding hydrogens is 354 g/mol. The number of benzene rings is 2. The molecule has 0 saturated heterocycles. The molecule has 1 amide bonds. The van der Waals surface area contributed by atoms with Gasteiger partial charge in [0, 0.05) is 12.0 Å². The molecule has 0 saturated carbocycles. The molecule has 0 unspecified atom stereocenters. The quantitative estimate of drug-likeness (QED) is 0.827. The van der Waals surface area contributed by atoms with E-state index < -0.39 is 22.5 Å². The van der Waals surface area contributed by atoms with Gasteiger partial charge in [0.15, 0.2) is 0 Å². The van der Waals surface area contributed by atoms with E-state index in [1.807, 2.05) is 30.3 Å². The zero-order valence-electron chi connectivity index (χ0n) is 13.8. The third kappa shape index (κ3) is 3.85. The normalized spacial score (nSPS) is 16.0. The Balaban J connectivity index is 1.66. The average molecular weight is 371 g/mol. The van der Waals surface area contributed by atoms with Crippen molar-refractivity contribution in [2.45, 2.75) is 17.4 Å². The summed E-state index contributed by atoms with van der Waals surface area (Å²) in [5, 5.41) is 11.9. The molecule has 0 radical (unpaired) electrons. The van der Waals surface area contributed by atoms with E-state index >= 15 is 0 Å². The number of para-hydroxylation sites is 1. The predicted octanol–water partition coefficient (Wildman–Crippen LogP) is 1.48. The first kappa shape index (κ1) is 17.9. The highest BCUT2D eigenvalue weighted by Crippen LogP contribution is 2.31. The van der Waals surface area contributed by atoms with Crippen LogP contribution in [0.2, 0.25) is 0 Å². The second kappa shape index (κ2) is 7.56. The number of hydrogen-bond acceptors (Lipinski definition) is 5. The van der Waals surface area contributed by atoms with E-state index in [0.717, 1.165) is 5.56 Å². The van der Waals surface area contributed by atoms with Gasteiger partial charge in [-0.25, -0.2) is 13.1 Å². The topological polar surface area (TPSA) is 108 Å². The molecule has 7 nitrogen and oxygen atoms in total. The van der Waals surface area contributed by atoms with E-state index in [4.69, 9.17) is 10.00 Å².